The van der Waals surface area contributed by atoms with Crippen LogP contribution in [0.25, 0.3) is 0 Å². The van der Waals surface area contributed by atoms with Crippen molar-refractivity contribution in [3.8, 4) is 0 Å². The third-order valence-electron chi connectivity index (χ3n) is 4.82. The molecule has 0 atom stereocenters. The zero-order valence-electron chi connectivity index (χ0n) is 17.9. The van der Waals surface area contributed by atoms with Crippen LogP contribution in [0.15, 0.2) is 121 Å². The maximum Gasteiger partial charge on any atom is 2.00 e. The zero-order valence-corrected chi connectivity index (χ0v) is 22.0. The summed E-state index contributed by atoms with van der Waals surface area (Å²) in [5.74, 6) is 0. The van der Waals surface area contributed by atoms with Gasteiger partial charge in [-0.05, 0) is 55.5 Å². The summed E-state index contributed by atoms with van der Waals surface area (Å²) in [5.41, 5.74) is 0. The van der Waals surface area contributed by atoms with Gasteiger partial charge in [0, 0.05) is 0 Å². The van der Waals surface area contributed by atoms with Crippen LogP contribution >= 0.6 is 15.8 Å². The van der Waals surface area contributed by atoms with Crippen LogP contribution in [0.2, 0.25) is 0 Å². The smallest absolute Gasteiger partial charge is 0.652 e. The Labute approximate surface area is 212 Å². The number of carbonyl (C=O) groups excluding carboxylic acids is 1. The molecule has 0 aliphatic rings. The van der Waals surface area contributed by atoms with Crippen LogP contribution in [0, 0.1) is 0 Å². The van der Waals surface area contributed by atoms with E-state index in [4.69, 9.17) is 15.0 Å². The molecule has 0 aromatic heterocycles. The van der Waals surface area contributed by atoms with Gasteiger partial charge in [-0.1, -0.05) is 121 Å². The molecule has 0 saturated carbocycles. The number of hydrogen-bond acceptors (Lipinski definition) is 3. The maximum absolute atomic E-state index is 8.33. The minimum atomic E-state index is -2.33. The van der Waals surface area contributed by atoms with E-state index in [2.05, 4.69) is 121 Å². The van der Waals surface area contributed by atoms with E-state index in [0.717, 1.165) is 0 Å². The van der Waals surface area contributed by atoms with Crippen LogP contribution < -0.4 is 31.4 Å². The van der Waals surface area contributed by atoms with Crippen molar-refractivity contribution in [2.75, 3.05) is 12.3 Å². The first kappa shape index (κ1) is 26.9. The van der Waals surface area contributed by atoms with Gasteiger partial charge < -0.3 is 15.0 Å². The Bertz CT molecular complexity index is 900. The van der Waals surface area contributed by atoms with E-state index < -0.39 is 6.16 Å². The average molecular weight is 654 g/mol. The molecule has 6 heteroatoms. The summed E-state index contributed by atoms with van der Waals surface area (Å²) in [4.78, 5) is 8.33. The van der Waals surface area contributed by atoms with Gasteiger partial charge in [0.2, 0.25) is 0 Å². The summed E-state index contributed by atoms with van der Waals surface area (Å²) in [7, 11) is -0.696. The predicted octanol–water partition coefficient (Wildman–Crippen LogP) is 2.80. The fourth-order valence-corrected chi connectivity index (χ4v) is 8.80. The molecule has 33 heavy (non-hydrogen) atoms. The second kappa shape index (κ2) is 14.8. The van der Waals surface area contributed by atoms with Crippen LogP contribution in [0.5, 0.6) is 0 Å². The first-order valence-corrected chi connectivity index (χ1v) is 13.3. The van der Waals surface area contributed by atoms with Crippen molar-refractivity contribution in [3.05, 3.63) is 121 Å². The predicted molar refractivity (Wildman–Crippen MR) is 133 cm³/mol. The summed E-state index contributed by atoms with van der Waals surface area (Å²) >= 11 is 0. The maximum atomic E-state index is 8.33. The second-order valence-electron chi connectivity index (χ2n) is 6.90. The van der Waals surface area contributed by atoms with Gasteiger partial charge in [-0.2, -0.15) is 0 Å². The van der Waals surface area contributed by atoms with Gasteiger partial charge in [0.25, 0.3) is 0 Å². The van der Waals surface area contributed by atoms with E-state index in [1.54, 1.807) is 0 Å². The van der Waals surface area contributed by atoms with Crippen LogP contribution in [0.1, 0.15) is 0 Å². The third-order valence-corrected chi connectivity index (χ3v) is 10.2. The van der Waals surface area contributed by atoms with E-state index in [0.29, 0.717) is 0 Å². The molecule has 170 valence electrons. The molecule has 0 unspecified atom stereocenters. The van der Waals surface area contributed by atoms with Gasteiger partial charge in [-0.15, -0.1) is 0 Å². The van der Waals surface area contributed by atoms with E-state index >= 15 is 0 Å². The summed E-state index contributed by atoms with van der Waals surface area (Å²) < 4.78 is 0. The fraction of sp³-hybridized carbons (Fsp3) is 0.0741. The van der Waals surface area contributed by atoms with Crippen LogP contribution in [0.4, 0.5) is 4.79 Å². The van der Waals surface area contributed by atoms with Gasteiger partial charge in [0.15, 0.2) is 0 Å². The number of carbonyl (C=O) groups is 1. The monoisotopic (exact) mass is 653 g/mol. The molecule has 3 nitrogen and oxygen atoms in total. The Morgan fingerprint density at radius 2 is 0.667 bits per heavy atom. The molecule has 4 aromatic rings. The molecular formula is C27H24O3P2Pt. The van der Waals surface area contributed by atoms with Gasteiger partial charge in [0.1, 0.15) is 0 Å². The molecule has 0 saturated heterocycles. The van der Waals surface area contributed by atoms with Crippen molar-refractivity contribution in [3.63, 3.8) is 0 Å². The molecule has 0 N–H and O–H groups in total. The van der Waals surface area contributed by atoms with Crippen LogP contribution in [-0.2, 0) is 21.1 Å². The number of benzene rings is 4. The SMILES string of the molecule is O=C([O-])[O-].[Pt+2].c1ccc(P(CCP(c2ccccc2)c2ccccc2)c2ccccc2)cc1. The standard InChI is InChI=1S/C26H24P2.CH2O3.Pt/c1-5-13-23(14-6-1)27(24-15-7-2-8-16-24)21-22-28(25-17-9-3-10-18-25)26-19-11-4-12-20-26;2-1(3)4;/h1-20H,21-22H2;(H2,2,3,4);/q;;+2/p-2. The van der Waals surface area contributed by atoms with E-state index in [1.807, 2.05) is 0 Å². The van der Waals surface area contributed by atoms with E-state index in [1.165, 1.54) is 33.5 Å². The average Bonchev–Trinajstić information content (AvgIpc) is 2.84. The Morgan fingerprint density at radius 1 is 0.485 bits per heavy atom. The molecule has 0 heterocycles. The van der Waals surface area contributed by atoms with Crippen molar-refractivity contribution in [1.29, 1.82) is 0 Å². The van der Waals surface area contributed by atoms with Crippen LogP contribution in [0.3, 0.4) is 0 Å². The molecule has 0 radical (unpaired) electrons. The number of carboxylic acid groups (broad SMARTS) is 2. The molecular weight excluding hydrogens is 629 g/mol. The largest absolute Gasteiger partial charge is 2.00 e. The molecule has 0 aliphatic carbocycles. The molecule has 0 bridgehead atoms. The van der Waals surface area contributed by atoms with E-state index in [9.17, 15) is 0 Å². The quantitative estimate of drug-likeness (QED) is 0.289. The van der Waals surface area contributed by atoms with Crippen molar-refractivity contribution < 1.29 is 36.1 Å². The summed E-state index contributed by atoms with van der Waals surface area (Å²) in [5, 5.41) is 22.6. The van der Waals surface area contributed by atoms with E-state index in [-0.39, 0.29) is 36.9 Å². The molecule has 0 aliphatic heterocycles. The molecule has 0 amide bonds. The van der Waals surface area contributed by atoms with Crippen molar-refractivity contribution in [2.24, 2.45) is 0 Å². The summed E-state index contributed by atoms with van der Waals surface area (Å²) in [6.07, 6.45) is 0.0811. The number of rotatable bonds is 7. The Kier molecular flexibility index (Phi) is 12.1. The Balaban J connectivity index is 0.000000714. The molecule has 0 spiro atoms. The van der Waals surface area contributed by atoms with Crippen molar-refractivity contribution in [1.82, 2.24) is 0 Å². The van der Waals surface area contributed by atoms with Gasteiger partial charge in [-0.3, -0.25) is 0 Å². The fourth-order valence-electron chi connectivity index (χ4n) is 3.45. The summed E-state index contributed by atoms with van der Waals surface area (Å²) in [6, 6.07) is 44.2. The van der Waals surface area contributed by atoms with Crippen LogP contribution in [-0.4, -0.2) is 18.5 Å². The Morgan fingerprint density at radius 3 is 0.848 bits per heavy atom. The minimum Gasteiger partial charge on any atom is -0.652 e. The third kappa shape index (κ3) is 8.86. The first-order chi connectivity index (χ1) is 15.6. The van der Waals surface area contributed by atoms with Gasteiger partial charge in [0.05, 0.1) is 0 Å². The Hall–Kier alpha value is -2.30. The first-order valence-electron chi connectivity index (χ1n) is 10.3. The van der Waals surface area contributed by atoms with Gasteiger partial charge in [-0.25, -0.2) is 0 Å². The molecule has 4 rings (SSSR count). The zero-order chi connectivity index (χ0) is 22.6. The van der Waals surface area contributed by atoms with Crippen molar-refractivity contribution >= 4 is 43.2 Å². The molecule has 0 fully saturated rings. The topological polar surface area (TPSA) is 63.2 Å². The summed E-state index contributed by atoms with van der Waals surface area (Å²) in [6.45, 7) is 0. The molecule has 4 aromatic carbocycles. The normalized spacial score (nSPS) is 10.1. The van der Waals surface area contributed by atoms with Crippen molar-refractivity contribution in [2.45, 2.75) is 0 Å². The number of hydrogen-bond donors (Lipinski definition) is 0. The van der Waals surface area contributed by atoms with Gasteiger partial charge >= 0.3 is 21.1 Å². The minimum absolute atomic E-state index is 0. The second-order valence-corrected chi connectivity index (χ2v) is 11.6.